The SMILES string of the molecule is CC1CCC(N)(Cc2ccc(C(F)(F)F)cc2)CC1C. The van der Waals surface area contributed by atoms with Crippen LogP contribution in [0.1, 0.15) is 44.2 Å². The van der Waals surface area contributed by atoms with E-state index >= 15 is 0 Å². The van der Waals surface area contributed by atoms with E-state index in [1.54, 1.807) is 12.1 Å². The first-order valence-electron chi connectivity index (χ1n) is 7.15. The van der Waals surface area contributed by atoms with Gasteiger partial charge < -0.3 is 5.73 Å². The van der Waals surface area contributed by atoms with Crippen LogP contribution in [0.3, 0.4) is 0 Å². The molecular formula is C16H22F3N. The number of benzene rings is 1. The number of nitrogens with two attached hydrogens (primary N) is 1. The highest BCUT2D eigenvalue weighted by Gasteiger charge is 2.35. The quantitative estimate of drug-likeness (QED) is 0.856. The first kappa shape index (κ1) is 15.4. The van der Waals surface area contributed by atoms with E-state index in [1.165, 1.54) is 0 Å². The second kappa shape index (κ2) is 5.40. The maximum absolute atomic E-state index is 12.5. The van der Waals surface area contributed by atoms with E-state index in [4.69, 9.17) is 5.73 Å². The third-order valence-electron chi connectivity index (χ3n) is 4.63. The van der Waals surface area contributed by atoms with E-state index in [-0.39, 0.29) is 5.54 Å². The van der Waals surface area contributed by atoms with Gasteiger partial charge in [-0.3, -0.25) is 0 Å². The van der Waals surface area contributed by atoms with Gasteiger partial charge in [-0.15, -0.1) is 0 Å². The van der Waals surface area contributed by atoms with Crippen LogP contribution in [-0.4, -0.2) is 5.54 Å². The number of alkyl halides is 3. The van der Waals surface area contributed by atoms with E-state index in [0.717, 1.165) is 37.0 Å². The summed E-state index contributed by atoms with van der Waals surface area (Å²) in [6.45, 7) is 4.44. The van der Waals surface area contributed by atoms with Crippen LogP contribution in [0.4, 0.5) is 13.2 Å². The molecule has 1 nitrogen and oxygen atoms in total. The first-order valence-corrected chi connectivity index (χ1v) is 7.15. The standard InChI is InChI=1S/C16H22F3N/c1-11-7-8-15(20,9-12(11)2)10-13-3-5-14(6-4-13)16(17,18)19/h3-6,11-12H,7-10,20H2,1-2H3. The molecule has 20 heavy (non-hydrogen) atoms. The van der Waals surface area contributed by atoms with Gasteiger partial charge in [0.1, 0.15) is 0 Å². The number of rotatable bonds is 2. The molecule has 4 heteroatoms. The third kappa shape index (κ3) is 3.54. The zero-order valence-corrected chi connectivity index (χ0v) is 12.0. The van der Waals surface area contributed by atoms with Crippen molar-refractivity contribution in [3.05, 3.63) is 35.4 Å². The van der Waals surface area contributed by atoms with E-state index in [2.05, 4.69) is 13.8 Å². The smallest absolute Gasteiger partial charge is 0.325 e. The third-order valence-corrected chi connectivity index (χ3v) is 4.63. The lowest BCUT2D eigenvalue weighted by Crippen LogP contribution is -2.47. The minimum atomic E-state index is -4.27. The molecule has 3 atom stereocenters. The summed E-state index contributed by atoms with van der Waals surface area (Å²) in [5.41, 5.74) is 6.47. The Labute approximate surface area is 118 Å². The molecule has 1 aliphatic carbocycles. The van der Waals surface area contributed by atoms with Crippen molar-refractivity contribution in [3.63, 3.8) is 0 Å². The van der Waals surface area contributed by atoms with Crippen LogP contribution in [-0.2, 0) is 12.6 Å². The number of hydrogen-bond donors (Lipinski definition) is 1. The average molecular weight is 285 g/mol. The van der Waals surface area contributed by atoms with Crippen LogP contribution < -0.4 is 5.73 Å². The molecule has 112 valence electrons. The zero-order chi connectivity index (χ0) is 15.0. The van der Waals surface area contributed by atoms with Gasteiger partial charge >= 0.3 is 6.18 Å². The highest BCUT2D eigenvalue weighted by atomic mass is 19.4. The molecule has 1 aromatic carbocycles. The Balaban J connectivity index is 2.06. The van der Waals surface area contributed by atoms with Crippen LogP contribution in [0.2, 0.25) is 0 Å². The molecule has 0 spiro atoms. The van der Waals surface area contributed by atoms with Crippen molar-refractivity contribution in [1.29, 1.82) is 0 Å². The van der Waals surface area contributed by atoms with Crippen molar-refractivity contribution in [2.75, 3.05) is 0 Å². The second-order valence-corrected chi connectivity index (χ2v) is 6.43. The molecule has 0 radical (unpaired) electrons. The van der Waals surface area contributed by atoms with Crippen molar-refractivity contribution >= 4 is 0 Å². The molecule has 2 N–H and O–H groups in total. The number of halogens is 3. The van der Waals surface area contributed by atoms with Crippen molar-refractivity contribution in [2.24, 2.45) is 17.6 Å². The van der Waals surface area contributed by atoms with Crippen LogP contribution in [0.15, 0.2) is 24.3 Å². The summed E-state index contributed by atoms with van der Waals surface area (Å²) in [6.07, 6.45) is -0.636. The fraction of sp³-hybridized carbons (Fsp3) is 0.625. The highest BCUT2D eigenvalue weighted by molar-refractivity contribution is 5.26. The van der Waals surface area contributed by atoms with E-state index < -0.39 is 11.7 Å². The van der Waals surface area contributed by atoms with Gasteiger partial charge in [0, 0.05) is 5.54 Å². The summed E-state index contributed by atoms with van der Waals surface area (Å²) in [5, 5.41) is 0. The van der Waals surface area contributed by atoms with Gasteiger partial charge in [0.25, 0.3) is 0 Å². The molecule has 1 fully saturated rings. The van der Waals surface area contributed by atoms with Gasteiger partial charge in [0.15, 0.2) is 0 Å². The maximum atomic E-state index is 12.5. The Morgan fingerprint density at radius 3 is 2.25 bits per heavy atom. The lowest BCUT2D eigenvalue weighted by atomic mass is 9.69. The fourth-order valence-corrected chi connectivity index (χ4v) is 3.12. The molecule has 1 saturated carbocycles. The van der Waals surface area contributed by atoms with Crippen LogP contribution in [0, 0.1) is 11.8 Å². The largest absolute Gasteiger partial charge is 0.416 e. The van der Waals surface area contributed by atoms with Crippen molar-refractivity contribution < 1.29 is 13.2 Å². The molecule has 0 heterocycles. The Bertz CT molecular complexity index is 452. The predicted octanol–water partition coefficient (Wildman–Crippen LogP) is 4.40. The second-order valence-electron chi connectivity index (χ2n) is 6.43. The molecular weight excluding hydrogens is 263 g/mol. The van der Waals surface area contributed by atoms with Gasteiger partial charge in [-0.1, -0.05) is 26.0 Å². The summed E-state index contributed by atoms with van der Waals surface area (Å²) in [6, 6.07) is 5.40. The molecule has 1 aliphatic rings. The van der Waals surface area contributed by atoms with Crippen LogP contribution >= 0.6 is 0 Å². The van der Waals surface area contributed by atoms with E-state index in [0.29, 0.717) is 18.3 Å². The fourth-order valence-electron chi connectivity index (χ4n) is 3.12. The Hall–Kier alpha value is -1.03. The van der Waals surface area contributed by atoms with Crippen LogP contribution in [0.5, 0.6) is 0 Å². The van der Waals surface area contributed by atoms with E-state index in [9.17, 15) is 13.2 Å². The summed E-state index contributed by atoms with van der Waals surface area (Å²) in [7, 11) is 0. The zero-order valence-electron chi connectivity index (χ0n) is 12.0. The molecule has 0 saturated heterocycles. The summed E-state index contributed by atoms with van der Waals surface area (Å²) >= 11 is 0. The van der Waals surface area contributed by atoms with Gasteiger partial charge in [-0.25, -0.2) is 0 Å². The summed E-state index contributed by atoms with van der Waals surface area (Å²) in [5.74, 6) is 1.25. The first-order chi connectivity index (χ1) is 9.20. The van der Waals surface area contributed by atoms with E-state index in [1.807, 2.05) is 0 Å². The monoisotopic (exact) mass is 285 g/mol. The normalized spacial score (nSPS) is 31.3. The lowest BCUT2D eigenvalue weighted by Gasteiger charge is -2.40. The van der Waals surface area contributed by atoms with Gasteiger partial charge in [-0.2, -0.15) is 13.2 Å². The summed E-state index contributed by atoms with van der Waals surface area (Å²) < 4.78 is 37.6. The molecule has 0 aromatic heterocycles. The minimum absolute atomic E-state index is 0.272. The molecule has 0 amide bonds. The number of hydrogen-bond acceptors (Lipinski definition) is 1. The maximum Gasteiger partial charge on any atom is 0.416 e. The summed E-state index contributed by atoms with van der Waals surface area (Å²) in [4.78, 5) is 0. The Morgan fingerprint density at radius 1 is 1.15 bits per heavy atom. The topological polar surface area (TPSA) is 26.0 Å². The van der Waals surface area contributed by atoms with Gasteiger partial charge in [0.2, 0.25) is 0 Å². The molecule has 3 unspecified atom stereocenters. The van der Waals surface area contributed by atoms with Gasteiger partial charge in [-0.05, 0) is 55.2 Å². The minimum Gasteiger partial charge on any atom is -0.325 e. The molecule has 1 aromatic rings. The molecule has 0 bridgehead atoms. The average Bonchev–Trinajstić information content (AvgIpc) is 2.34. The lowest BCUT2D eigenvalue weighted by molar-refractivity contribution is -0.137. The Kier molecular flexibility index (Phi) is 4.14. The van der Waals surface area contributed by atoms with Gasteiger partial charge in [0.05, 0.1) is 5.56 Å². The van der Waals surface area contributed by atoms with Crippen molar-refractivity contribution in [2.45, 2.75) is 51.2 Å². The molecule has 0 aliphatic heterocycles. The van der Waals surface area contributed by atoms with Crippen molar-refractivity contribution in [3.8, 4) is 0 Å². The highest BCUT2D eigenvalue weighted by Crippen LogP contribution is 2.37. The molecule has 2 rings (SSSR count). The Morgan fingerprint density at radius 2 is 1.75 bits per heavy atom. The van der Waals surface area contributed by atoms with Crippen molar-refractivity contribution in [1.82, 2.24) is 0 Å². The predicted molar refractivity (Wildman–Crippen MR) is 74.2 cm³/mol. The van der Waals surface area contributed by atoms with Crippen LogP contribution in [0.25, 0.3) is 0 Å².